The Bertz CT molecular complexity index is 1180. The van der Waals surface area contributed by atoms with Gasteiger partial charge in [0.1, 0.15) is 12.4 Å². The number of carboxylic acid groups (broad SMARTS) is 1. The van der Waals surface area contributed by atoms with Crippen LogP contribution in [0.2, 0.25) is 0 Å². The number of benzene rings is 1. The van der Waals surface area contributed by atoms with Crippen LogP contribution in [0.15, 0.2) is 30.3 Å². The third-order valence-corrected chi connectivity index (χ3v) is 9.46. The number of para-hydroxylation sites is 1. The van der Waals surface area contributed by atoms with Crippen LogP contribution in [0.1, 0.15) is 58.3 Å². The molecule has 22 heteroatoms. The second-order valence-electron chi connectivity index (χ2n) is 15.7. The van der Waals surface area contributed by atoms with Crippen LogP contribution in [0.5, 0.6) is 5.75 Å². The maximum Gasteiger partial charge on any atom is 0.303 e. The number of carboxylic acids is 1. The van der Waals surface area contributed by atoms with Crippen LogP contribution in [-0.2, 0) is 85.3 Å². The van der Waals surface area contributed by atoms with E-state index in [2.05, 4.69) is 6.92 Å². The lowest BCUT2D eigenvalue weighted by Crippen LogP contribution is -2.23. The Labute approximate surface area is 442 Å². The fraction of sp³-hybridized carbons (Fsp3) is 0.865. The van der Waals surface area contributed by atoms with E-state index < -0.39 is 12.3 Å². The van der Waals surface area contributed by atoms with E-state index in [1.165, 1.54) is 32.1 Å². The third-order valence-electron chi connectivity index (χ3n) is 9.46. The Kier molecular flexibility index (Phi) is 63.0. The lowest BCUT2D eigenvalue weighted by Gasteiger charge is -2.13. The molecule has 0 radical (unpaired) electrons. The molecule has 0 fully saturated rings. The van der Waals surface area contributed by atoms with Gasteiger partial charge in [0.25, 0.3) is 0 Å². The van der Waals surface area contributed by atoms with Gasteiger partial charge in [0.2, 0.25) is 6.29 Å². The minimum absolute atomic E-state index is 0.0192. The average molecular weight is 1080 g/mol. The topological polar surface area (TPSA) is 244 Å². The lowest BCUT2D eigenvalue weighted by atomic mass is 10.1. The van der Waals surface area contributed by atoms with Crippen molar-refractivity contribution < 1.29 is 105 Å². The summed E-state index contributed by atoms with van der Waals surface area (Å²) in [6.45, 7) is 17.9. The highest BCUT2D eigenvalue weighted by Gasteiger charge is 2.06. The van der Waals surface area contributed by atoms with Crippen LogP contribution in [-0.4, -0.2) is 259 Å². The molecule has 0 spiro atoms. The first-order valence-electron chi connectivity index (χ1n) is 26.6. The van der Waals surface area contributed by atoms with E-state index in [4.69, 9.17) is 95.5 Å². The molecule has 0 saturated heterocycles. The molecule has 1 aromatic rings. The molecule has 1 rings (SSSR count). The summed E-state index contributed by atoms with van der Waals surface area (Å²) in [5.41, 5.74) is 0. The van der Waals surface area contributed by atoms with E-state index >= 15 is 0 Å². The van der Waals surface area contributed by atoms with Crippen LogP contribution < -0.4 is 4.74 Å². The first-order valence-corrected chi connectivity index (χ1v) is 26.6. The standard InChI is InChI=1S/C42H78O20.C10H20O2/c43-6-7-45-8-9-46-10-11-47-12-13-48-14-15-49-16-17-50-18-19-51-20-21-52-22-23-53-24-25-54-26-27-55-28-29-56-30-31-57-32-33-58-34-35-59-36-37-60-38-39-61-40-42(44)62-41-4-2-1-3-5-41;1-2-3-4-5-6-7-8-9-10(11)12/h1-5,42-44H,6-40H2;2-9H2,1H3,(H,11,12). The lowest BCUT2D eigenvalue weighted by molar-refractivity contribution is -0.137. The van der Waals surface area contributed by atoms with E-state index in [1.807, 2.05) is 18.2 Å². The zero-order chi connectivity index (χ0) is 53.4. The monoisotopic (exact) mass is 1070 g/mol. The molecule has 0 aromatic heterocycles. The molecular weight excluding hydrogens is 977 g/mol. The second-order valence-corrected chi connectivity index (χ2v) is 15.7. The zero-order valence-electron chi connectivity index (χ0n) is 45.0. The number of hydrogen-bond donors (Lipinski definition) is 3. The molecule has 74 heavy (non-hydrogen) atoms. The molecule has 1 atom stereocenters. The van der Waals surface area contributed by atoms with Crippen LogP contribution in [0.25, 0.3) is 0 Å². The van der Waals surface area contributed by atoms with Crippen molar-refractivity contribution in [1.29, 1.82) is 0 Å². The molecule has 22 nitrogen and oxygen atoms in total. The highest BCUT2D eigenvalue weighted by molar-refractivity contribution is 5.66. The Balaban J connectivity index is 0.00000390. The molecule has 1 unspecified atom stereocenters. The molecule has 1 aromatic carbocycles. The number of ether oxygens (including phenoxy) is 18. The smallest absolute Gasteiger partial charge is 0.303 e. The van der Waals surface area contributed by atoms with Gasteiger partial charge in [-0.1, -0.05) is 63.6 Å². The number of hydrogen-bond acceptors (Lipinski definition) is 21. The minimum atomic E-state index is -1.03. The Hall–Kier alpha value is -2.27. The number of aliphatic hydroxyl groups is 2. The van der Waals surface area contributed by atoms with Gasteiger partial charge in [-0.05, 0) is 18.6 Å². The highest BCUT2D eigenvalue weighted by Crippen LogP contribution is 2.10. The molecular formula is C52H98O22. The Morgan fingerprint density at radius 2 is 0.608 bits per heavy atom. The second kappa shape index (κ2) is 65.0. The van der Waals surface area contributed by atoms with Crippen molar-refractivity contribution in [3.05, 3.63) is 30.3 Å². The van der Waals surface area contributed by atoms with Crippen molar-refractivity contribution in [3.8, 4) is 5.75 Å². The molecule has 0 aliphatic heterocycles. The van der Waals surface area contributed by atoms with Gasteiger partial charge in [-0.25, -0.2) is 0 Å². The zero-order valence-corrected chi connectivity index (χ0v) is 45.0. The predicted molar refractivity (Wildman–Crippen MR) is 274 cm³/mol. The van der Waals surface area contributed by atoms with Gasteiger partial charge in [0.15, 0.2) is 0 Å². The molecule has 0 amide bonds. The summed E-state index contributed by atoms with van der Waals surface area (Å²) in [5, 5.41) is 26.8. The molecule has 0 saturated carbocycles. The van der Waals surface area contributed by atoms with E-state index in [1.54, 1.807) is 12.1 Å². The third kappa shape index (κ3) is 64.0. The summed E-state index contributed by atoms with van der Waals surface area (Å²) in [6, 6.07) is 9.08. The first-order chi connectivity index (χ1) is 36.6. The fourth-order valence-electron chi connectivity index (χ4n) is 5.69. The van der Waals surface area contributed by atoms with Crippen molar-refractivity contribution in [2.24, 2.45) is 0 Å². The minimum Gasteiger partial charge on any atom is -0.481 e. The number of aliphatic hydroxyl groups excluding tert-OH is 2. The fourth-order valence-corrected chi connectivity index (χ4v) is 5.69. The molecule has 0 aliphatic carbocycles. The highest BCUT2D eigenvalue weighted by atomic mass is 16.6. The molecule has 3 N–H and O–H groups in total. The average Bonchev–Trinajstić information content (AvgIpc) is 3.40. The SMILES string of the molecule is CCCCCCCCCC(=O)O.OCCOCCOCCOCCOCCOCCOCCOCCOCCOCCOCCOCCOCCOCCOCCOCCOCCOCC(O)Oc1ccccc1. The van der Waals surface area contributed by atoms with Gasteiger partial charge in [-0.15, -0.1) is 0 Å². The summed E-state index contributed by atoms with van der Waals surface area (Å²) in [7, 11) is 0. The van der Waals surface area contributed by atoms with Crippen molar-refractivity contribution in [2.45, 2.75) is 64.6 Å². The van der Waals surface area contributed by atoms with Gasteiger partial charge >= 0.3 is 5.97 Å². The number of unbranched alkanes of at least 4 members (excludes halogenated alkanes) is 6. The van der Waals surface area contributed by atoms with E-state index in [0.29, 0.717) is 230 Å². The van der Waals surface area contributed by atoms with Crippen molar-refractivity contribution in [2.75, 3.05) is 231 Å². The van der Waals surface area contributed by atoms with Crippen LogP contribution in [0.3, 0.4) is 0 Å². The largest absolute Gasteiger partial charge is 0.481 e. The predicted octanol–water partition coefficient (Wildman–Crippen LogP) is 3.87. The van der Waals surface area contributed by atoms with Gasteiger partial charge in [-0.3, -0.25) is 4.79 Å². The summed E-state index contributed by atoms with van der Waals surface area (Å²) < 4.78 is 97.8. The first kappa shape index (κ1) is 71.7. The molecule has 438 valence electrons. The summed E-state index contributed by atoms with van der Waals surface area (Å²) >= 11 is 0. The Morgan fingerprint density at radius 1 is 0.365 bits per heavy atom. The normalized spacial score (nSPS) is 11.8. The van der Waals surface area contributed by atoms with Crippen LogP contribution in [0, 0.1) is 0 Å². The molecule has 0 bridgehead atoms. The van der Waals surface area contributed by atoms with Gasteiger partial charge in [0.05, 0.1) is 225 Å². The van der Waals surface area contributed by atoms with Gasteiger partial charge < -0.3 is 101 Å². The quantitative estimate of drug-likeness (QED) is 0.0619. The van der Waals surface area contributed by atoms with Crippen molar-refractivity contribution in [3.63, 3.8) is 0 Å². The van der Waals surface area contributed by atoms with Crippen molar-refractivity contribution in [1.82, 2.24) is 0 Å². The summed E-state index contributed by atoms with van der Waals surface area (Å²) in [6.07, 6.45) is 7.62. The van der Waals surface area contributed by atoms with Gasteiger partial charge in [0, 0.05) is 6.42 Å². The molecule has 0 heterocycles. The summed E-state index contributed by atoms with van der Waals surface area (Å²) in [4.78, 5) is 10.1. The van der Waals surface area contributed by atoms with Gasteiger partial charge in [-0.2, -0.15) is 0 Å². The van der Waals surface area contributed by atoms with E-state index in [-0.39, 0.29) is 13.2 Å². The summed E-state index contributed by atoms with van der Waals surface area (Å²) in [5.74, 6) is -0.0761. The van der Waals surface area contributed by atoms with E-state index in [9.17, 15) is 9.90 Å². The maximum atomic E-state index is 10.1. The van der Waals surface area contributed by atoms with Crippen LogP contribution >= 0.6 is 0 Å². The number of rotatable bonds is 62. The maximum absolute atomic E-state index is 10.1. The Morgan fingerprint density at radius 3 is 0.865 bits per heavy atom. The van der Waals surface area contributed by atoms with Crippen molar-refractivity contribution >= 4 is 5.97 Å². The number of aliphatic carboxylic acids is 1. The molecule has 0 aliphatic rings. The van der Waals surface area contributed by atoms with E-state index in [0.717, 1.165) is 12.8 Å². The van der Waals surface area contributed by atoms with Crippen LogP contribution in [0.4, 0.5) is 0 Å². The number of carbonyl (C=O) groups is 1.